The summed E-state index contributed by atoms with van der Waals surface area (Å²) in [6.07, 6.45) is -0.768. The van der Waals surface area contributed by atoms with Gasteiger partial charge in [0, 0.05) is 32.0 Å². The van der Waals surface area contributed by atoms with Crippen LogP contribution in [-0.2, 0) is 16.0 Å². The number of rotatable bonds is 14. The summed E-state index contributed by atoms with van der Waals surface area (Å²) in [6.45, 7) is 6.74. The van der Waals surface area contributed by atoms with Gasteiger partial charge in [-0.2, -0.15) is 13.2 Å². The smallest absolute Gasteiger partial charge is 0.422 e. The highest BCUT2D eigenvalue weighted by molar-refractivity contribution is 14.0. The molecule has 0 aliphatic rings. The van der Waals surface area contributed by atoms with Crippen molar-refractivity contribution in [1.82, 2.24) is 15.6 Å². The molecule has 2 N–H and O–H groups in total. The Labute approximate surface area is 193 Å². The van der Waals surface area contributed by atoms with Crippen LogP contribution < -0.4 is 15.4 Å². The van der Waals surface area contributed by atoms with Crippen molar-refractivity contribution in [3.8, 4) is 5.88 Å². The summed E-state index contributed by atoms with van der Waals surface area (Å²) in [7, 11) is 0. The molecule has 0 aromatic carbocycles. The first kappa shape index (κ1) is 28.7. The molecule has 0 bridgehead atoms. The number of pyridine rings is 1. The summed E-state index contributed by atoms with van der Waals surface area (Å²) >= 11 is 0. The molecule has 174 valence electrons. The van der Waals surface area contributed by atoms with E-state index in [1.54, 1.807) is 6.07 Å². The minimum Gasteiger partial charge on any atom is -0.468 e. The number of aromatic nitrogens is 1. The Morgan fingerprint density at radius 1 is 1.07 bits per heavy atom. The predicted molar refractivity (Wildman–Crippen MR) is 121 cm³/mol. The first-order valence-corrected chi connectivity index (χ1v) is 9.76. The second-order valence-corrected chi connectivity index (χ2v) is 6.11. The molecule has 0 aliphatic heterocycles. The van der Waals surface area contributed by atoms with Crippen LogP contribution in [0.25, 0.3) is 0 Å². The number of nitrogens with one attached hydrogen (secondary N) is 2. The standard InChI is InChI=1S/C19H31F3N4O3.HI/c1-3-5-9-27-11-12-28-10-8-24-18(23-4-2)26-14-16-6-7-17(25-13-16)29-15-19(20,21)22;/h6-7,13H,3-5,8-12,14-15H2,1-2H3,(H2,23,24,26);1H. The van der Waals surface area contributed by atoms with Crippen LogP contribution >= 0.6 is 24.0 Å². The minimum atomic E-state index is -4.39. The monoisotopic (exact) mass is 548 g/mol. The average molecular weight is 548 g/mol. The summed E-state index contributed by atoms with van der Waals surface area (Å²) < 4.78 is 51.9. The lowest BCUT2D eigenvalue weighted by molar-refractivity contribution is -0.154. The van der Waals surface area contributed by atoms with Gasteiger partial charge in [-0.05, 0) is 18.9 Å². The molecule has 0 radical (unpaired) electrons. The van der Waals surface area contributed by atoms with E-state index in [2.05, 4.69) is 32.3 Å². The molecule has 1 aromatic rings. The predicted octanol–water partition coefficient (Wildman–Crippen LogP) is 3.53. The fourth-order valence-corrected chi connectivity index (χ4v) is 2.07. The topological polar surface area (TPSA) is 77.0 Å². The Morgan fingerprint density at radius 2 is 1.80 bits per heavy atom. The van der Waals surface area contributed by atoms with Crippen LogP contribution in [0.4, 0.5) is 13.2 Å². The van der Waals surface area contributed by atoms with Crippen molar-refractivity contribution in [1.29, 1.82) is 0 Å². The van der Waals surface area contributed by atoms with E-state index in [4.69, 9.17) is 9.47 Å². The molecule has 0 unspecified atom stereocenters. The van der Waals surface area contributed by atoms with Crippen LogP contribution in [0.2, 0.25) is 0 Å². The highest BCUT2D eigenvalue weighted by Gasteiger charge is 2.28. The fraction of sp³-hybridized carbons (Fsp3) is 0.684. The molecule has 0 fully saturated rings. The van der Waals surface area contributed by atoms with Crippen molar-refractivity contribution in [2.75, 3.05) is 46.1 Å². The van der Waals surface area contributed by atoms with Gasteiger partial charge in [-0.25, -0.2) is 9.98 Å². The summed E-state index contributed by atoms with van der Waals surface area (Å²) in [5, 5.41) is 6.27. The molecule has 30 heavy (non-hydrogen) atoms. The first-order valence-electron chi connectivity index (χ1n) is 9.76. The Morgan fingerprint density at radius 3 is 2.40 bits per heavy atom. The van der Waals surface area contributed by atoms with Crippen molar-refractivity contribution in [2.24, 2.45) is 4.99 Å². The van der Waals surface area contributed by atoms with E-state index in [0.717, 1.165) is 25.0 Å². The van der Waals surface area contributed by atoms with Crippen LogP contribution in [0.3, 0.4) is 0 Å². The van der Waals surface area contributed by atoms with E-state index in [0.29, 0.717) is 45.4 Å². The number of ether oxygens (including phenoxy) is 3. The molecule has 0 saturated carbocycles. The number of hydrogen-bond acceptors (Lipinski definition) is 5. The van der Waals surface area contributed by atoms with Crippen molar-refractivity contribution in [3.63, 3.8) is 0 Å². The van der Waals surface area contributed by atoms with Crippen LogP contribution in [0.1, 0.15) is 32.3 Å². The summed E-state index contributed by atoms with van der Waals surface area (Å²) in [5.41, 5.74) is 0.752. The molecule has 1 heterocycles. The van der Waals surface area contributed by atoms with Crippen molar-refractivity contribution in [3.05, 3.63) is 23.9 Å². The second-order valence-electron chi connectivity index (χ2n) is 6.11. The van der Waals surface area contributed by atoms with Gasteiger partial charge in [-0.1, -0.05) is 19.4 Å². The molecular weight excluding hydrogens is 516 g/mol. The number of unbranched alkanes of at least 4 members (excludes halogenated alkanes) is 1. The Balaban J connectivity index is 0.00000841. The Bertz CT molecular complexity index is 575. The van der Waals surface area contributed by atoms with E-state index in [-0.39, 0.29) is 29.9 Å². The van der Waals surface area contributed by atoms with Gasteiger partial charge < -0.3 is 24.8 Å². The maximum atomic E-state index is 12.1. The zero-order valence-corrected chi connectivity index (χ0v) is 19.8. The van der Waals surface area contributed by atoms with E-state index < -0.39 is 12.8 Å². The van der Waals surface area contributed by atoms with Crippen molar-refractivity contribution >= 4 is 29.9 Å². The summed E-state index contributed by atoms with van der Waals surface area (Å²) in [4.78, 5) is 8.28. The number of hydrogen-bond donors (Lipinski definition) is 2. The van der Waals surface area contributed by atoms with E-state index >= 15 is 0 Å². The highest BCUT2D eigenvalue weighted by Crippen LogP contribution is 2.17. The summed E-state index contributed by atoms with van der Waals surface area (Å²) in [5.74, 6) is 0.545. The Hall–Kier alpha value is -1.34. The van der Waals surface area contributed by atoms with Crippen molar-refractivity contribution in [2.45, 2.75) is 39.4 Å². The molecule has 1 rings (SSSR count). The lowest BCUT2D eigenvalue weighted by Crippen LogP contribution is -2.39. The fourth-order valence-electron chi connectivity index (χ4n) is 2.07. The Kier molecular flexibility index (Phi) is 16.6. The molecule has 1 aromatic heterocycles. The molecular formula is C19H32F3IN4O3. The lowest BCUT2D eigenvalue weighted by Gasteiger charge is -2.12. The summed E-state index contributed by atoms with van der Waals surface area (Å²) in [6, 6.07) is 3.03. The second kappa shape index (κ2) is 17.4. The number of aliphatic imine (C=N–C) groups is 1. The highest BCUT2D eigenvalue weighted by atomic mass is 127. The number of alkyl halides is 3. The third-order valence-electron chi connectivity index (χ3n) is 3.50. The van der Waals surface area contributed by atoms with Crippen LogP contribution in [0.15, 0.2) is 23.3 Å². The SMILES string of the molecule is CCCCOCCOCCNC(=NCc1ccc(OCC(F)(F)F)nc1)NCC.I. The zero-order valence-electron chi connectivity index (χ0n) is 17.5. The number of halogens is 4. The maximum absolute atomic E-state index is 12.1. The maximum Gasteiger partial charge on any atom is 0.422 e. The van der Waals surface area contributed by atoms with Gasteiger partial charge in [0.15, 0.2) is 12.6 Å². The third kappa shape index (κ3) is 15.5. The van der Waals surface area contributed by atoms with E-state index in [1.807, 2.05) is 6.92 Å². The van der Waals surface area contributed by atoms with Gasteiger partial charge in [0.2, 0.25) is 5.88 Å². The van der Waals surface area contributed by atoms with Crippen LogP contribution in [-0.4, -0.2) is 63.2 Å². The first-order chi connectivity index (χ1) is 13.9. The average Bonchev–Trinajstić information content (AvgIpc) is 2.69. The molecule has 0 aliphatic carbocycles. The zero-order chi connectivity index (χ0) is 21.4. The van der Waals surface area contributed by atoms with Gasteiger partial charge in [-0.15, -0.1) is 24.0 Å². The normalized spacial score (nSPS) is 11.7. The quantitative estimate of drug-likeness (QED) is 0.160. The van der Waals surface area contributed by atoms with Gasteiger partial charge in [0.05, 0.1) is 26.4 Å². The third-order valence-corrected chi connectivity index (χ3v) is 3.50. The molecule has 7 nitrogen and oxygen atoms in total. The lowest BCUT2D eigenvalue weighted by atomic mass is 10.3. The molecule has 0 amide bonds. The van der Waals surface area contributed by atoms with E-state index in [1.165, 1.54) is 12.3 Å². The molecule has 11 heteroatoms. The van der Waals surface area contributed by atoms with Gasteiger partial charge in [0.25, 0.3) is 0 Å². The van der Waals surface area contributed by atoms with Crippen molar-refractivity contribution < 1.29 is 27.4 Å². The molecule has 0 spiro atoms. The number of nitrogens with zero attached hydrogens (tertiary/aromatic N) is 2. The minimum absolute atomic E-state index is 0. The molecule has 0 saturated heterocycles. The van der Waals surface area contributed by atoms with Crippen LogP contribution in [0, 0.1) is 0 Å². The van der Waals surface area contributed by atoms with Gasteiger partial charge >= 0.3 is 6.18 Å². The van der Waals surface area contributed by atoms with E-state index in [9.17, 15) is 13.2 Å². The largest absolute Gasteiger partial charge is 0.468 e. The van der Waals surface area contributed by atoms with Gasteiger partial charge in [-0.3, -0.25) is 0 Å². The molecule has 0 atom stereocenters. The van der Waals surface area contributed by atoms with Gasteiger partial charge in [0.1, 0.15) is 0 Å². The van der Waals surface area contributed by atoms with Crippen LogP contribution in [0.5, 0.6) is 5.88 Å². The number of guanidine groups is 1.